The summed E-state index contributed by atoms with van der Waals surface area (Å²) in [6.45, 7) is 1.51. The Kier molecular flexibility index (Phi) is 3.93. The number of aryl methyl sites for hydroxylation is 1. The lowest BCUT2D eigenvalue weighted by Crippen LogP contribution is -2.14. The summed E-state index contributed by atoms with van der Waals surface area (Å²) >= 11 is 0. The third-order valence-electron chi connectivity index (χ3n) is 2.85. The molecular weight excluding hydrogens is 282 g/mol. The highest BCUT2D eigenvalue weighted by atomic mass is 19.2. The zero-order chi connectivity index (χ0) is 15.6. The predicted molar refractivity (Wildman–Crippen MR) is 72.1 cm³/mol. The van der Waals surface area contributed by atoms with E-state index in [1.54, 1.807) is 0 Å². The molecule has 1 amide bonds. The minimum atomic E-state index is -1.24. The molecule has 0 atom stereocenters. The van der Waals surface area contributed by atoms with E-state index < -0.39 is 28.0 Å². The SMILES string of the molecule is Cc1cc(NC(=O)c2cccc(F)c2F)ccc1[N+](=O)[O-]. The zero-order valence-electron chi connectivity index (χ0n) is 10.9. The molecule has 1 N–H and O–H groups in total. The van der Waals surface area contributed by atoms with Gasteiger partial charge in [-0.05, 0) is 31.2 Å². The number of halogens is 2. The van der Waals surface area contributed by atoms with Crippen LogP contribution in [0.1, 0.15) is 15.9 Å². The molecule has 0 unspecified atom stereocenters. The van der Waals surface area contributed by atoms with E-state index in [1.807, 2.05) is 0 Å². The van der Waals surface area contributed by atoms with Crippen molar-refractivity contribution >= 4 is 17.3 Å². The van der Waals surface area contributed by atoms with Crippen molar-refractivity contribution in [1.29, 1.82) is 0 Å². The van der Waals surface area contributed by atoms with Gasteiger partial charge in [0.1, 0.15) is 0 Å². The van der Waals surface area contributed by atoms with Crippen LogP contribution in [0.5, 0.6) is 0 Å². The first-order valence-corrected chi connectivity index (χ1v) is 5.90. The number of carbonyl (C=O) groups is 1. The molecule has 5 nitrogen and oxygen atoms in total. The fourth-order valence-electron chi connectivity index (χ4n) is 1.82. The molecule has 0 aromatic heterocycles. The molecule has 0 aliphatic carbocycles. The van der Waals surface area contributed by atoms with Crippen LogP contribution in [0.15, 0.2) is 36.4 Å². The van der Waals surface area contributed by atoms with E-state index in [-0.39, 0.29) is 11.4 Å². The van der Waals surface area contributed by atoms with Gasteiger partial charge in [0.25, 0.3) is 11.6 Å². The maximum atomic E-state index is 13.5. The number of benzene rings is 2. The number of rotatable bonds is 3. The topological polar surface area (TPSA) is 72.2 Å². The van der Waals surface area contributed by atoms with Gasteiger partial charge >= 0.3 is 0 Å². The Bertz CT molecular complexity index is 732. The Hall–Kier alpha value is -2.83. The molecule has 0 aliphatic heterocycles. The van der Waals surface area contributed by atoms with Gasteiger partial charge in [0.05, 0.1) is 10.5 Å². The Labute approximate surface area is 118 Å². The molecule has 0 bridgehead atoms. The van der Waals surface area contributed by atoms with Crippen LogP contribution in [0.3, 0.4) is 0 Å². The molecule has 0 saturated heterocycles. The van der Waals surface area contributed by atoms with Gasteiger partial charge in [0, 0.05) is 17.3 Å². The average Bonchev–Trinajstić information content (AvgIpc) is 2.41. The highest BCUT2D eigenvalue weighted by molar-refractivity contribution is 6.04. The summed E-state index contributed by atoms with van der Waals surface area (Å²) < 4.78 is 26.5. The second-order valence-corrected chi connectivity index (χ2v) is 4.31. The highest BCUT2D eigenvalue weighted by Gasteiger charge is 2.16. The van der Waals surface area contributed by atoms with Crippen molar-refractivity contribution in [3.63, 3.8) is 0 Å². The average molecular weight is 292 g/mol. The maximum absolute atomic E-state index is 13.5. The molecule has 0 heterocycles. The molecule has 7 heteroatoms. The molecule has 2 aromatic rings. The van der Waals surface area contributed by atoms with Crippen molar-refractivity contribution in [2.45, 2.75) is 6.92 Å². The van der Waals surface area contributed by atoms with Gasteiger partial charge in [-0.25, -0.2) is 8.78 Å². The summed E-state index contributed by atoms with van der Waals surface area (Å²) in [5.74, 6) is -3.20. The number of nitro benzene ring substituents is 1. The minimum Gasteiger partial charge on any atom is -0.322 e. The molecule has 0 fully saturated rings. The number of nitrogens with zero attached hydrogens (tertiary/aromatic N) is 1. The van der Waals surface area contributed by atoms with Crippen LogP contribution in [0.2, 0.25) is 0 Å². The first kappa shape index (κ1) is 14.6. The Balaban J connectivity index is 2.26. The molecular formula is C14H10F2N2O3. The summed E-state index contributed by atoms with van der Waals surface area (Å²) in [5.41, 5.74) is 0.0696. The van der Waals surface area contributed by atoms with E-state index in [2.05, 4.69) is 5.32 Å². The van der Waals surface area contributed by atoms with Crippen LogP contribution in [0.4, 0.5) is 20.2 Å². The van der Waals surface area contributed by atoms with E-state index in [4.69, 9.17) is 0 Å². The van der Waals surface area contributed by atoms with Crippen molar-refractivity contribution in [1.82, 2.24) is 0 Å². The van der Waals surface area contributed by atoms with Crippen molar-refractivity contribution in [2.75, 3.05) is 5.32 Å². The highest BCUT2D eigenvalue weighted by Crippen LogP contribution is 2.22. The first-order chi connectivity index (χ1) is 9.90. The van der Waals surface area contributed by atoms with E-state index in [0.29, 0.717) is 5.56 Å². The zero-order valence-corrected chi connectivity index (χ0v) is 10.9. The van der Waals surface area contributed by atoms with Gasteiger partial charge < -0.3 is 5.32 Å². The summed E-state index contributed by atoms with van der Waals surface area (Å²) in [5, 5.41) is 13.1. The quantitative estimate of drug-likeness (QED) is 0.695. The van der Waals surface area contributed by atoms with Crippen molar-refractivity contribution in [3.05, 3.63) is 69.3 Å². The van der Waals surface area contributed by atoms with Gasteiger partial charge in [0.2, 0.25) is 0 Å². The second kappa shape index (κ2) is 5.66. The number of carbonyl (C=O) groups excluding carboxylic acids is 1. The Morgan fingerprint density at radius 2 is 1.95 bits per heavy atom. The molecule has 21 heavy (non-hydrogen) atoms. The van der Waals surface area contributed by atoms with Crippen LogP contribution in [-0.2, 0) is 0 Å². The lowest BCUT2D eigenvalue weighted by molar-refractivity contribution is -0.385. The van der Waals surface area contributed by atoms with Gasteiger partial charge in [-0.15, -0.1) is 0 Å². The van der Waals surface area contributed by atoms with Crippen LogP contribution in [0, 0.1) is 28.7 Å². The third kappa shape index (κ3) is 3.02. The monoisotopic (exact) mass is 292 g/mol. The normalized spacial score (nSPS) is 10.2. The van der Waals surface area contributed by atoms with Crippen LogP contribution < -0.4 is 5.32 Å². The van der Waals surface area contributed by atoms with E-state index >= 15 is 0 Å². The number of hydrogen-bond donors (Lipinski definition) is 1. The minimum absolute atomic E-state index is 0.0927. The van der Waals surface area contributed by atoms with Crippen LogP contribution in [0.25, 0.3) is 0 Å². The largest absolute Gasteiger partial charge is 0.322 e. The number of nitro groups is 1. The Morgan fingerprint density at radius 1 is 1.24 bits per heavy atom. The summed E-state index contributed by atoms with van der Waals surface area (Å²) in [6.07, 6.45) is 0. The fraction of sp³-hybridized carbons (Fsp3) is 0.0714. The second-order valence-electron chi connectivity index (χ2n) is 4.31. The molecule has 0 radical (unpaired) electrons. The van der Waals surface area contributed by atoms with Gasteiger partial charge in [-0.3, -0.25) is 14.9 Å². The molecule has 2 aromatic carbocycles. The molecule has 2 rings (SSSR count). The number of hydrogen-bond acceptors (Lipinski definition) is 3. The summed E-state index contributed by atoms with van der Waals surface area (Å²) in [6, 6.07) is 7.20. The van der Waals surface area contributed by atoms with Crippen molar-refractivity contribution in [3.8, 4) is 0 Å². The van der Waals surface area contributed by atoms with Crippen LogP contribution in [-0.4, -0.2) is 10.8 Å². The maximum Gasteiger partial charge on any atom is 0.272 e. The van der Waals surface area contributed by atoms with Crippen LogP contribution >= 0.6 is 0 Å². The van der Waals surface area contributed by atoms with Crippen molar-refractivity contribution < 1.29 is 18.5 Å². The summed E-state index contributed by atoms with van der Waals surface area (Å²) in [7, 11) is 0. The first-order valence-electron chi connectivity index (χ1n) is 5.90. The lowest BCUT2D eigenvalue weighted by Gasteiger charge is -2.07. The number of amides is 1. The molecule has 0 aliphatic rings. The number of nitrogens with one attached hydrogen (secondary N) is 1. The van der Waals surface area contributed by atoms with E-state index in [9.17, 15) is 23.7 Å². The fourth-order valence-corrected chi connectivity index (χ4v) is 1.82. The summed E-state index contributed by atoms with van der Waals surface area (Å²) in [4.78, 5) is 22.0. The number of anilines is 1. The van der Waals surface area contributed by atoms with Crippen molar-refractivity contribution in [2.24, 2.45) is 0 Å². The van der Waals surface area contributed by atoms with E-state index in [1.165, 1.54) is 31.2 Å². The Morgan fingerprint density at radius 3 is 2.57 bits per heavy atom. The van der Waals surface area contributed by atoms with Gasteiger partial charge in [0.15, 0.2) is 11.6 Å². The predicted octanol–water partition coefficient (Wildman–Crippen LogP) is 3.43. The molecule has 108 valence electrons. The molecule has 0 spiro atoms. The van der Waals surface area contributed by atoms with Gasteiger partial charge in [-0.1, -0.05) is 6.07 Å². The van der Waals surface area contributed by atoms with Gasteiger partial charge in [-0.2, -0.15) is 0 Å². The standard InChI is InChI=1S/C14H10F2N2O3/c1-8-7-9(5-6-12(8)18(20)21)17-14(19)10-3-2-4-11(15)13(10)16/h2-7H,1H3,(H,17,19). The smallest absolute Gasteiger partial charge is 0.272 e. The third-order valence-corrected chi connectivity index (χ3v) is 2.85. The lowest BCUT2D eigenvalue weighted by atomic mass is 10.1. The van der Waals surface area contributed by atoms with E-state index in [0.717, 1.165) is 12.1 Å². The molecule has 0 saturated carbocycles.